The smallest absolute Gasteiger partial charge is 0.246 e. The van der Waals surface area contributed by atoms with Crippen molar-refractivity contribution < 1.29 is 31.5 Å². The number of carbonyl (C=O) groups is 1. The zero-order valence-electron chi connectivity index (χ0n) is 16.9. The molecular weight excluding hydrogens is 432 g/mol. The van der Waals surface area contributed by atoms with Gasteiger partial charge in [0.25, 0.3) is 0 Å². The molecule has 1 aliphatic heterocycles. The number of nitrogens with zero attached hydrogens (tertiary/aromatic N) is 2. The molecule has 31 heavy (non-hydrogen) atoms. The maximum absolute atomic E-state index is 14.0. The third-order valence-electron chi connectivity index (χ3n) is 4.89. The van der Waals surface area contributed by atoms with Crippen molar-refractivity contribution in [1.29, 1.82) is 0 Å². The highest BCUT2D eigenvalue weighted by atomic mass is 32.2. The summed E-state index contributed by atoms with van der Waals surface area (Å²) in [5, 5.41) is 2.76. The van der Waals surface area contributed by atoms with E-state index < -0.39 is 32.5 Å². The molecule has 0 aliphatic carbocycles. The number of benzene rings is 1. The van der Waals surface area contributed by atoms with Gasteiger partial charge in [0.15, 0.2) is 0 Å². The Morgan fingerprint density at radius 1 is 1.23 bits per heavy atom. The molecule has 1 N–H and O–H groups in total. The highest BCUT2D eigenvalue weighted by Gasteiger charge is 2.34. The number of carbonyl (C=O) groups excluding carboxylic acids is 1. The van der Waals surface area contributed by atoms with Crippen molar-refractivity contribution in [2.75, 3.05) is 38.7 Å². The summed E-state index contributed by atoms with van der Waals surface area (Å²) in [5.41, 5.74) is 0.403. The SMILES string of the molecule is COCCOc1ncccc1NC(=O)C1CCN(S(=O)(=O)c2cc(F)ccc2F)CC1. The van der Waals surface area contributed by atoms with E-state index in [0.717, 1.165) is 16.4 Å². The minimum atomic E-state index is -4.20. The van der Waals surface area contributed by atoms with E-state index in [1.54, 1.807) is 19.2 Å². The van der Waals surface area contributed by atoms with Crippen LogP contribution in [0.25, 0.3) is 0 Å². The first-order valence-electron chi connectivity index (χ1n) is 9.65. The summed E-state index contributed by atoms with van der Waals surface area (Å²) in [7, 11) is -2.66. The second kappa shape index (κ2) is 10.1. The number of aromatic nitrogens is 1. The molecule has 1 aromatic heterocycles. The zero-order chi connectivity index (χ0) is 22.4. The summed E-state index contributed by atoms with van der Waals surface area (Å²) in [6, 6.07) is 5.61. The monoisotopic (exact) mass is 455 g/mol. The highest BCUT2D eigenvalue weighted by molar-refractivity contribution is 7.89. The van der Waals surface area contributed by atoms with Crippen molar-refractivity contribution in [2.24, 2.45) is 5.92 Å². The van der Waals surface area contributed by atoms with Gasteiger partial charge in [-0.2, -0.15) is 4.31 Å². The summed E-state index contributed by atoms with van der Waals surface area (Å²) in [6.07, 6.45) is 2.01. The molecule has 1 aromatic carbocycles. The van der Waals surface area contributed by atoms with E-state index in [4.69, 9.17) is 9.47 Å². The second-order valence-electron chi connectivity index (χ2n) is 6.94. The molecule has 2 heterocycles. The molecule has 168 valence electrons. The first-order valence-corrected chi connectivity index (χ1v) is 11.1. The van der Waals surface area contributed by atoms with Crippen LogP contribution in [0.5, 0.6) is 5.88 Å². The average molecular weight is 455 g/mol. The van der Waals surface area contributed by atoms with Crippen LogP contribution in [0, 0.1) is 17.6 Å². The molecule has 2 aromatic rings. The van der Waals surface area contributed by atoms with E-state index in [1.165, 1.54) is 6.20 Å². The lowest BCUT2D eigenvalue weighted by molar-refractivity contribution is -0.120. The van der Waals surface area contributed by atoms with E-state index in [2.05, 4.69) is 10.3 Å². The fraction of sp³-hybridized carbons (Fsp3) is 0.400. The van der Waals surface area contributed by atoms with Gasteiger partial charge in [-0.05, 0) is 43.2 Å². The van der Waals surface area contributed by atoms with Crippen LogP contribution in [-0.4, -0.2) is 57.0 Å². The van der Waals surface area contributed by atoms with Gasteiger partial charge in [-0.15, -0.1) is 0 Å². The van der Waals surface area contributed by atoms with Crippen LogP contribution >= 0.6 is 0 Å². The second-order valence-corrected chi connectivity index (χ2v) is 8.85. The first-order chi connectivity index (χ1) is 14.8. The van der Waals surface area contributed by atoms with Crippen molar-refractivity contribution in [3.8, 4) is 5.88 Å². The van der Waals surface area contributed by atoms with Crippen molar-refractivity contribution >= 4 is 21.6 Å². The van der Waals surface area contributed by atoms with Crippen LogP contribution in [-0.2, 0) is 19.6 Å². The van der Waals surface area contributed by atoms with Gasteiger partial charge in [0.05, 0.1) is 6.61 Å². The minimum Gasteiger partial charge on any atom is -0.474 e. The fourth-order valence-corrected chi connectivity index (χ4v) is 4.78. The number of pyridine rings is 1. The number of methoxy groups -OCH3 is 1. The summed E-state index contributed by atoms with van der Waals surface area (Å²) in [5.74, 6) is -2.34. The third-order valence-corrected chi connectivity index (χ3v) is 6.80. The van der Waals surface area contributed by atoms with E-state index in [0.29, 0.717) is 18.4 Å². The van der Waals surface area contributed by atoms with Gasteiger partial charge in [0.2, 0.25) is 21.8 Å². The normalized spacial score (nSPS) is 15.6. The van der Waals surface area contributed by atoms with Crippen LogP contribution in [0.15, 0.2) is 41.4 Å². The third kappa shape index (κ3) is 5.54. The Morgan fingerprint density at radius 2 is 1.97 bits per heavy atom. The van der Waals surface area contributed by atoms with Crippen LogP contribution in [0.1, 0.15) is 12.8 Å². The molecular formula is C20H23F2N3O5S. The lowest BCUT2D eigenvalue weighted by atomic mass is 9.97. The topological polar surface area (TPSA) is 97.8 Å². The number of hydrogen-bond acceptors (Lipinski definition) is 6. The minimum absolute atomic E-state index is 0.0145. The number of halogens is 2. The number of rotatable bonds is 8. The Bertz CT molecular complexity index is 1030. The van der Waals surface area contributed by atoms with E-state index >= 15 is 0 Å². The molecule has 0 spiro atoms. The standard InChI is InChI=1S/C20H23F2N3O5S/c1-29-11-12-30-20-17(3-2-8-23-20)24-19(26)14-6-9-25(10-7-14)31(27,28)18-13-15(21)4-5-16(18)22/h2-5,8,13-14H,6-7,9-12H2,1H3,(H,24,26). The summed E-state index contributed by atoms with van der Waals surface area (Å²) in [6.45, 7) is 0.660. The maximum Gasteiger partial charge on any atom is 0.246 e. The van der Waals surface area contributed by atoms with Crippen LogP contribution in [0.4, 0.5) is 14.5 Å². The molecule has 3 rings (SSSR count). The average Bonchev–Trinajstić information content (AvgIpc) is 2.76. The molecule has 0 radical (unpaired) electrons. The van der Waals surface area contributed by atoms with Crippen LogP contribution in [0.2, 0.25) is 0 Å². The van der Waals surface area contributed by atoms with Gasteiger partial charge in [-0.25, -0.2) is 22.2 Å². The van der Waals surface area contributed by atoms with Crippen molar-refractivity contribution in [2.45, 2.75) is 17.7 Å². The van der Waals surface area contributed by atoms with E-state index in [-0.39, 0.29) is 44.3 Å². The molecule has 11 heteroatoms. The number of amides is 1. The summed E-state index contributed by atoms with van der Waals surface area (Å²) in [4.78, 5) is 16.1. The molecule has 0 saturated carbocycles. The van der Waals surface area contributed by atoms with Gasteiger partial charge in [0, 0.05) is 32.3 Å². The molecule has 1 amide bonds. The highest BCUT2D eigenvalue weighted by Crippen LogP contribution is 2.28. The number of hydrogen-bond donors (Lipinski definition) is 1. The molecule has 0 bridgehead atoms. The molecule has 1 fully saturated rings. The Hall–Kier alpha value is -2.63. The van der Waals surface area contributed by atoms with Gasteiger partial charge in [-0.3, -0.25) is 4.79 Å². The van der Waals surface area contributed by atoms with Crippen LogP contribution in [0.3, 0.4) is 0 Å². The molecule has 1 saturated heterocycles. The Balaban J connectivity index is 1.62. The Labute approximate surface area is 179 Å². The largest absolute Gasteiger partial charge is 0.474 e. The molecule has 8 nitrogen and oxygen atoms in total. The quantitative estimate of drug-likeness (QED) is 0.614. The van der Waals surface area contributed by atoms with Gasteiger partial charge >= 0.3 is 0 Å². The molecule has 1 aliphatic rings. The maximum atomic E-state index is 14.0. The fourth-order valence-electron chi connectivity index (χ4n) is 3.23. The predicted molar refractivity (Wildman–Crippen MR) is 108 cm³/mol. The lowest BCUT2D eigenvalue weighted by Gasteiger charge is -2.30. The molecule has 0 unspecified atom stereocenters. The van der Waals surface area contributed by atoms with Crippen LogP contribution < -0.4 is 10.1 Å². The lowest BCUT2D eigenvalue weighted by Crippen LogP contribution is -2.41. The van der Waals surface area contributed by atoms with Gasteiger partial charge in [0.1, 0.15) is 28.8 Å². The number of piperidine rings is 1. The van der Waals surface area contributed by atoms with E-state index in [1.807, 2.05) is 0 Å². The van der Waals surface area contributed by atoms with Gasteiger partial charge in [-0.1, -0.05) is 0 Å². The Kier molecular flexibility index (Phi) is 7.52. The van der Waals surface area contributed by atoms with Gasteiger partial charge < -0.3 is 14.8 Å². The summed E-state index contributed by atoms with van der Waals surface area (Å²) < 4.78 is 64.2. The van der Waals surface area contributed by atoms with Crippen molar-refractivity contribution in [3.05, 3.63) is 48.2 Å². The van der Waals surface area contributed by atoms with Crippen molar-refractivity contribution in [1.82, 2.24) is 9.29 Å². The molecule has 0 atom stereocenters. The number of anilines is 1. The van der Waals surface area contributed by atoms with E-state index in [9.17, 15) is 22.0 Å². The van der Waals surface area contributed by atoms with Crippen molar-refractivity contribution in [3.63, 3.8) is 0 Å². The summed E-state index contributed by atoms with van der Waals surface area (Å²) >= 11 is 0. The number of ether oxygens (including phenoxy) is 2. The Morgan fingerprint density at radius 3 is 2.68 bits per heavy atom. The number of sulfonamides is 1. The predicted octanol–water partition coefficient (Wildman–Crippen LogP) is 2.42. The first kappa shape index (κ1) is 23.0. The number of nitrogens with one attached hydrogen (secondary N) is 1. The zero-order valence-corrected chi connectivity index (χ0v) is 17.7.